The summed E-state index contributed by atoms with van der Waals surface area (Å²) in [5, 5.41) is 0. The minimum Gasteiger partial charge on any atom is -0.239 e. The Morgan fingerprint density at radius 2 is 2.11 bits per heavy atom. The second kappa shape index (κ2) is 11.4. The van der Waals surface area contributed by atoms with Gasteiger partial charge in [0.2, 0.25) is 0 Å². The van der Waals surface area contributed by atoms with Crippen LogP contribution in [0.3, 0.4) is 0 Å². The van der Waals surface area contributed by atoms with Crippen LogP contribution in [0.5, 0.6) is 0 Å². The number of hydrogen-bond donors (Lipinski definition) is 0. The predicted octanol–water partition coefficient (Wildman–Crippen LogP) is 3.19. The molecule has 0 rings (SSSR count). The molecule has 0 spiro atoms. The van der Waals surface area contributed by atoms with E-state index in [0.29, 0.717) is 6.54 Å². The molecular weight excluding hydrogens is 340 g/mol. The Kier molecular flexibility index (Phi) is 15.7. The van der Waals surface area contributed by atoms with Crippen molar-refractivity contribution in [2.24, 2.45) is 4.99 Å². The second-order valence-corrected chi connectivity index (χ2v) is 1.43. The molecule has 0 aromatic rings. The van der Waals surface area contributed by atoms with Crippen molar-refractivity contribution in [3.05, 3.63) is 18.7 Å². The van der Waals surface area contributed by atoms with Gasteiger partial charge in [0.25, 0.3) is 0 Å². The maximum Gasteiger partial charge on any atom is 0.0688 e. The molecule has 0 N–H and O–H groups in total. The molecule has 9 heavy (non-hydrogen) atoms. The second-order valence-electron chi connectivity index (χ2n) is 1.43. The first-order valence-electron chi connectivity index (χ1n) is 2.24. The molecule has 0 fully saturated rings. The number of rotatable bonds is 2. The molecule has 0 aromatic carbocycles. The lowest BCUT2D eigenvalue weighted by Crippen LogP contribution is -1.75. The number of aliphatic imine (C=N–C) groups is 1. The van der Waals surface area contributed by atoms with Gasteiger partial charge in [0, 0.05) is 37.2 Å². The maximum atomic E-state index is 3.71. The van der Waals surface area contributed by atoms with Gasteiger partial charge in [0.1, 0.15) is 0 Å². The molecule has 3 heteroatoms. The van der Waals surface area contributed by atoms with E-state index >= 15 is 0 Å². The van der Waals surface area contributed by atoms with Crippen LogP contribution in [0.25, 0.3) is 0 Å². The van der Waals surface area contributed by atoms with Gasteiger partial charge in [-0.05, 0) is 19.4 Å². The zero-order chi connectivity index (χ0) is 7.70. The van der Waals surface area contributed by atoms with Crippen LogP contribution < -0.4 is 0 Å². The average Bonchev–Trinajstić information content (AvgIpc) is 1.88. The van der Waals surface area contributed by atoms with Crippen LogP contribution in [0.1, 0.15) is 6.92 Å². The van der Waals surface area contributed by atoms with Crippen LogP contribution in [-0.2, 0) is 0 Å². The van der Waals surface area contributed by atoms with Crippen LogP contribution >= 0.6 is 37.2 Å². The minimum absolute atomic E-state index is 0.656. The molecule has 0 bridgehead atoms. The molecule has 0 aromatic heterocycles. The van der Waals surface area contributed by atoms with E-state index in [1.54, 1.807) is 0 Å². The van der Waals surface area contributed by atoms with Crippen LogP contribution in [0, 0.1) is 0 Å². The van der Waals surface area contributed by atoms with Crippen molar-refractivity contribution in [1.29, 1.82) is 0 Å². The summed E-state index contributed by atoms with van der Waals surface area (Å²) in [4.78, 5) is 3.71. The van der Waals surface area contributed by atoms with Crippen LogP contribution in [0.15, 0.2) is 23.7 Å². The molecule has 0 atom stereocenters. The van der Waals surface area contributed by atoms with Gasteiger partial charge in [-0.3, -0.25) is 0 Å². The summed E-state index contributed by atoms with van der Waals surface area (Å²) in [5.41, 5.74) is 1.04. The number of nitrogens with zero attached hydrogens (tertiary/aromatic N) is 1. The molecule has 0 aliphatic heterocycles. The van der Waals surface area contributed by atoms with E-state index in [1.165, 1.54) is 0 Å². The fourth-order valence-electron chi connectivity index (χ4n) is 0.191. The zero-order valence-electron chi connectivity index (χ0n) is 5.32. The van der Waals surface area contributed by atoms with Gasteiger partial charge in [-0.2, -0.15) is 0 Å². The quantitative estimate of drug-likeness (QED) is 0.413. The molecule has 52 valence electrons. The molecule has 0 aliphatic rings. The van der Waals surface area contributed by atoms with E-state index in [-0.39, 0.29) is 0 Å². The third-order valence-electron chi connectivity index (χ3n) is 0.461. The van der Waals surface area contributed by atoms with Gasteiger partial charge in [-0.25, -0.2) is 4.99 Å². The maximum absolute atomic E-state index is 3.71. The van der Waals surface area contributed by atoms with Crippen molar-refractivity contribution in [2.75, 3.05) is 6.54 Å². The Hall–Kier alpha value is 0.650. The minimum atomic E-state index is 0.656. The monoisotopic (exact) mass is 349 g/mol. The SMILES string of the molecule is C=C=NCC(=C)C.II. The van der Waals surface area contributed by atoms with Crippen molar-refractivity contribution in [3.8, 4) is 0 Å². The van der Waals surface area contributed by atoms with E-state index < -0.39 is 0 Å². The number of halogens is 2. The summed E-state index contributed by atoms with van der Waals surface area (Å²) in [5.74, 6) is 2.41. The largest absolute Gasteiger partial charge is 0.239 e. The van der Waals surface area contributed by atoms with E-state index in [1.807, 2.05) is 6.92 Å². The average molecular weight is 349 g/mol. The first-order valence-corrected chi connectivity index (χ1v) is 8.53. The predicted molar refractivity (Wildman–Crippen MR) is 60.8 cm³/mol. The van der Waals surface area contributed by atoms with Gasteiger partial charge in [-0.15, -0.1) is 0 Å². The molecule has 0 unspecified atom stereocenters. The molecule has 0 amide bonds. The Bertz CT molecular complexity index is 114. The first kappa shape index (κ1) is 12.3. The normalized spacial score (nSPS) is 6.11. The van der Waals surface area contributed by atoms with Crippen molar-refractivity contribution in [1.82, 2.24) is 0 Å². The summed E-state index contributed by atoms with van der Waals surface area (Å²) < 4.78 is 0. The van der Waals surface area contributed by atoms with E-state index in [0.717, 1.165) is 5.57 Å². The van der Waals surface area contributed by atoms with Crippen LogP contribution in [0.4, 0.5) is 0 Å². The summed E-state index contributed by atoms with van der Waals surface area (Å²) in [6, 6.07) is 0. The summed E-state index contributed by atoms with van der Waals surface area (Å²) >= 11 is 4.24. The Morgan fingerprint density at radius 3 is 2.22 bits per heavy atom. The van der Waals surface area contributed by atoms with E-state index in [4.69, 9.17) is 0 Å². The van der Waals surface area contributed by atoms with Crippen molar-refractivity contribution >= 4 is 43.1 Å². The van der Waals surface area contributed by atoms with Gasteiger partial charge in [0.05, 0.1) is 6.54 Å². The molecular formula is C6H9I2N. The van der Waals surface area contributed by atoms with Gasteiger partial charge in [-0.1, -0.05) is 12.2 Å². The summed E-state index contributed by atoms with van der Waals surface area (Å²) in [6.45, 7) is 9.50. The molecule has 0 radical (unpaired) electrons. The van der Waals surface area contributed by atoms with Crippen LogP contribution in [-0.4, -0.2) is 12.4 Å². The fourth-order valence-corrected chi connectivity index (χ4v) is 0.191. The Balaban J connectivity index is 0. The lowest BCUT2D eigenvalue weighted by molar-refractivity contribution is 1.16. The Morgan fingerprint density at radius 1 is 1.67 bits per heavy atom. The standard InChI is InChI=1S/C6H9N.I2/c1-4-7-5-6(2)3;1-2/h1-2,5H2,3H3;. The Labute approximate surface area is 79.6 Å². The van der Waals surface area contributed by atoms with Gasteiger partial charge < -0.3 is 0 Å². The molecule has 1 nitrogen and oxygen atoms in total. The highest BCUT2D eigenvalue weighted by molar-refractivity contribution is 15.0. The molecule has 0 saturated carbocycles. The highest BCUT2D eigenvalue weighted by Crippen LogP contribution is 1.89. The highest BCUT2D eigenvalue weighted by atomic mass is 128. The topological polar surface area (TPSA) is 12.4 Å². The molecule has 0 saturated heterocycles. The third kappa shape index (κ3) is 17.7. The third-order valence-corrected chi connectivity index (χ3v) is 0.461. The summed E-state index contributed by atoms with van der Waals surface area (Å²) in [7, 11) is 0. The molecule has 0 heterocycles. The van der Waals surface area contributed by atoms with Crippen molar-refractivity contribution in [3.63, 3.8) is 0 Å². The van der Waals surface area contributed by atoms with E-state index in [2.05, 4.69) is 61.3 Å². The van der Waals surface area contributed by atoms with Gasteiger partial charge >= 0.3 is 0 Å². The van der Waals surface area contributed by atoms with Crippen molar-refractivity contribution < 1.29 is 0 Å². The van der Waals surface area contributed by atoms with E-state index in [9.17, 15) is 0 Å². The smallest absolute Gasteiger partial charge is 0.0688 e. The lowest BCUT2D eigenvalue weighted by atomic mass is 10.4. The molecule has 0 aliphatic carbocycles. The fraction of sp³-hybridized carbons (Fsp3) is 0.333. The first-order chi connectivity index (χ1) is 4.27. The lowest BCUT2D eigenvalue weighted by Gasteiger charge is -1.82. The van der Waals surface area contributed by atoms with Crippen molar-refractivity contribution in [2.45, 2.75) is 6.92 Å². The highest BCUT2D eigenvalue weighted by Gasteiger charge is 1.73. The van der Waals surface area contributed by atoms with Crippen LogP contribution in [0.2, 0.25) is 0 Å². The summed E-state index contributed by atoms with van der Waals surface area (Å²) in [6.07, 6.45) is 0. The zero-order valence-corrected chi connectivity index (χ0v) is 9.64. The van der Waals surface area contributed by atoms with Gasteiger partial charge in [0.15, 0.2) is 0 Å². The number of hydrogen-bond acceptors (Lipinski definition) is 1.